The Labute approximate surface area is 144 Å². The summed E-state index contributed by atoms with van der Waals surface area (Å²) < 4.78 is 5.85. The lowest BCUT2D eigenvalue weighted by Crippen LogP contribution is -2.40. The lowest BCUT2D eigenvalue weighted by molar-refractivity contribution is -0.109. The smallest absolute Gasteiger partial charge is 0.0880 e. The van der Waals surface area contributed by atoms with Gasteiger partial charge in [-0.2, -0.15) is 0 Å². The van der Waals surface area contributed by atoms with E-state index in [1.807, 2.05) is 0 Å². The van der Waals surface area contributed by atoms with Crippen LogP contribution in [0.3, 0.4) is 0 Å². The third-order valence-electron chi connectivity index (χ3n) is 4.72. The molecule has 140 valence electrons. The fourth-order valence-corrected chi connectivity index (χ4v) is 2.99. The van der Waals surface area contributed by atoms with E-state index in [9.17, 15) is 10.2 Å². The number of unbranched alkanes of at least 4 members (excludes halogenated alkanes) is 4. The minimum atomic E-state index is -0.720. The van der Waals surface area contributed by atoms with Gasteiger partial charge >= 0.3 is 0 Å². The number of ether oxygens (including phenoxy) is 1. The predicted molar refractivity (Wildman–Crippen MR) is 98.8 cm³/mol. The summed E-state index contributed by atoms with van der Waals surface area (Å²) in [6.07, 6.45) is 11.7. The first-order valence-corrected chi connectivity index (χ1v) is 9.97. The van der Waals surface area contributed by atoms with Gasteiger partial charge in [0.05, 0.1) is 24.4 Å². The molecular weight excluding hydrogens is 288 g/mol. The normalized spacial score (nSPS) is 12.8. The van der Waals surface area contributed by atoms with Gasteiger partial charge in [0.15, 0.2) is 0 Å². The van der Waals surface area contributed by atoms with Crippen LogP contribution in [0.25, 0.3) is 0 Å². The monoisotopic (exact) mass is 330 g/mol. The summed E-state index contributed by atoms with van der Waals surface area (Å²) in [4.78, 5) is 0. The fraction of sp³-hybridized carbons (Fsp3) is 1.00. The van der Waals surface area contributed by atoms with Crippen molar-refractivity contribution in [3.05, 3.63) is 0 Å². The molecule has 2 N–H and O–H groups in total. The molecule has 23 heavy (non-hydrogen) atoms. The summed E-state index contributed by atoms with van der Waals surface area (Å²) in [5.41, 5.74) is -1.44. The van der Waals surface area contributed by atoms with Crippen LogP contribution in [0.4, 0.5) is 0 Å². The van der Waals surface area contributed by atoms with Crippen LogP contribution in [-0.2, 0) is 4.74 Å². The number of rotatable bonds is 16. The zero-order chi connectivity index (χ0) is 17.6. The van der Waals surface area contributed by atoms with Crippen molar-refractivity contribution in [2.45, 2.75) is 116 Å². The van der Waals surface area contributed by atoms with Gasteiger partial charge in [-0.05, 0) is 25.7 Å². The van der Waals surface area contributed by atoms with E-state index < -0.39 is 11.2 Å². The van der Waals surface area contributed by atoms with E-state index in [1.165, 1.54) is 0 Å². The van der Waals surface area contributed by atoms with Gasteiger partial charge in [0.25, 0.3) is 0 Å². The van der Waals surface area contributed by atoms with Crippen molar-refractivity contribution in [1.29, 1.82) is 0 Å². The molecular formula is C20H42O3. The fourth-order valence-electron chi connectivity index (χ4n) is 2.99. The average Bonchev–Trinajstić information content (AvgIpc) is 2.55. The molecule has 0 aromatic rings. The Hall–Kier alpha value is -0.120. The van der Waals surface area contributed by atoms with Gasteiger partial charge in [0.2, 0.25) is 0 Å². The van der Waals surface area contributed by atoms with Crippen molar-refractivity contribution in [3.8, 4) is 0 Å². The van der Waals surface area contributed by atoms with E-state index in [0.717, 1.165) is 77.0 Å². The Bertz CT molecular complexity index is 224. The van der Waals surface area contributed by atoms with Gasteiger partial charge in [-0.1, -0.05) is 79.1 Å². The van der Waals surface area contributed by atoms with Gasteiger partial charge in [-0.3, -0.25) is 0 Å². The van der Waals surface area contributed by atoms with E-state index in [2.05, 4.69) is 27.7 Å². The molecule has 0 rings (SSSR count). The molecule has 0 aliphatic heterocycles. The maximum atomic E-state index is 10.8. The number of hydrogen-bond acceptors (Lipinski definition) is 3. The molecule has 0 aliphatic carbocycles. The minimum absolute atomic E-state index is 0.355. The molecule has 3 heteroatoms. The SMILES string of the molecule is CCCCC(O)(CCCC)COCC(O)(CCCC)CCCC. The quantitative estimate of drug-likeness (QED) is 0.407. The molecule has 0 atom stereocenters. The molecule has 0 spiro atoms. The number of aliphatic hydroxyl groups is 2. The molecule has 0 saturated heterocycles. The highest BCUT2D eigenvalue weighted by atomic mass is 16.5. The number of hydrogen-bond donors (Lipinski definition) is 2. The van der Waals surface area contributed by atoms with Crippen LogP contribution in [0, 0.1) is 0 Å². The molecule has 0 aromatic heterocycles. The largest absolute Gasteiger partial charge is 0.387 e. The summed E-state index contributed by atoms with van der Waals surface area (Å²) in [7, 11) is 0. The molecule has 0 fully saturated rings. The highest BCUT2D eigenvalue weighted by Gasteiger charge is 2.30. The van der Waals surface area contributed by atoms with E-state index >= 15 is 0 Å². The van der Waals surface area contributed by atoms with E-state index in [0.29, 0.717) is 13.2 Å². The zero-order valence-corrected chi connectivity index (χ0v) is 16.2. The first-order chi connectivity index (χ1) is 10.9. The molecule has 0 saturated carbocycles. The molecule has 0 radical (unpaired) electrons. The summed E-state index contributed by atoms with van der Waals surface area (Å²) in [5, 5.41) is 21.6. The molecule has 0 heterocycles. The average molecular weight is 331 g/mol. The van der Waals surface area contributed by atoms with Crippen molar-refractivity contribution >= 4 is 0 Å². The second kappa shape index (κ2) is 13.2. The van der Waals surface area contributed by atoms with Crippen molar-refractivity contribution in [1.82, 2.24) is 0 Å². The van der Waals surface area contributed by atoms with Crippen molar-refractivity contribution in [2.24, 2.45) is 0 Å². The molecule has 0 amide bonds. The Morgan fingerprint density at radius 3 is 1.04 bits per heavy atom. The third-order valence-corrected chi connectivity index (χ3v) is 4.72. The standard InChI is InChI=1S/C20H42O3/c1-5-9-13-19(21,14-10-6-2)17-23-18-20(22,15-11-7-3)16-12-8-4/h21-22H,5-18H2,1-4H3. The summed E-state index contributed by atoms with van der Waals surface area (Å²) in [6.45, 7) is 9.30. The Kier molecular flexibility index (Phi) is 13.1. The Morgan fingerprint density at radius 1 is 0.565 bits per heavy atom. The van der Waals surface area contributed by atoms with Crippen LogP contribution in [-0.4, -0.2) is 34.6 Å². The maximum absolute atomic E-state index is 10.8. The Morgan fingerprint density at radius 2 is 0.826 bits per heavy atom. The van der Waals surface area contributed by atoms with E-state index in [4.69, 9.17) is 4.74 Å². The van der Waals surface area contributed by atoms with Gasteiger partial charge in [0.1, 0.15) is 0 Å². The zero-order valence-electron chi connectivity index (χ0n) is 16.2. The highest BCUT2D eigenvalue weighted by Crippen LogP contribution is 2.25. The van der Waals surface area contributed by atoms with Crippen LogP contribution in [0.2, 0.25) is 0 Å². The van der Waals surface area contributed by atoms with E-state index in [-0.39, 0.29) is 0 Å². The van der Waals surface area contributed by atoms with Crippen molar-refractivity contribution in [2.75, 3.05) is 13.2 Å². The highest BCUT2D eigenvalue weighted by molar-refractivity contribution is 4.81. The first-order valence-electron chi connectivity index (χ1n) is 9.97. The van der Waals surface area contributed by atoms with Gasteiger partial charge in [-0.25, -0.2) is 0 Å². The lowest BCUT2D eigenvalue weighted by atomic mass is 9.90. The van der Waals surface area contributed by atoms with E-state index in [1.54, 1.807) is 0 Å². The molecule has 0 aliphatic rings. The summed E-state index contributed by atoms with van der Waals surface area (Å²) in [5.74, 6) is 0. The second-order valence-electron chi connectivity index (χ2n) is 7.36. The maximum Gasteiger partial charge on any atom is 0.0880 e. The van der Waals surface area contributed by atoms with Gasteiger partial charge in [0, 0.05) is 0 Å². The van der Waals surface area contributed by atoms with Crippen LogP contribution in [0.5, 0.6) is 0 Å². The topological polar surface area (TPSA) is 49.7 Å². The second-order valence-corrected chi connectivity index (χ2v) is 7.36. The van der Waals surface area contributed by atoms with Crippen LogP contribution < -0.4 is 0 Å². The molecule has 0 unspecified atom stereocenters. The van der Waals surface area contributed by atoms with Crippen molar-refractivity contribution < 1.29 is 14.9 Å². The summed E-state index contributed by atoms with van der Waals surface area (Å²) in [6, 6.07) is 0. The predicted octanol–water partition coefficient (Wildman–Crippen LogP) is 5.23. The first kappa shape index (κ1) is 22.9. The van der Waals surface area contributed by atoms with Crippen LogP contribution >= 0.6 is 0 Å². The molecule has 3 nitrogen and oxygen atoms in total. The molecule has 0 aromatic carbocycles. The van der Waals surface area contributed by atoms with Crippen molar-refractivity contribution in [3.63, 3.8) is 0 Å². The third kappa shape index (κ3) is 11.1. The lowest BCUT2D eigenvalue weighted by Gasteiger charge is -2.32. The summed E-state index contributed by atoms with van der Waals surface area (Å²) >= 11 is 0. The Balaban J connectivity index is 4.47. The van der Waals surface area contributed by atoms with Gasteiger partial charge in [-0.15, -0.1) is 0 Å². The van der Waals surface area contributed by atoms with Crippen LogP contribution in [0.1, 0.15) is 105 Å². The van der Waals surface area contributed by atoms with Crippen LogP contribution in [0.15, 0.2) is 0 Å². The van der Waals surface area contributed by atoms with Gasteiger partial charge < -0.3 is 14.9 Å². The molecule has 0 bridgehead atoms. The minimum Gasteiger partial charge on any atom is -0.387 e.